The average molecular weight is 451 g/mol. The topological polar surface area (TPSA) is 79.6 Å². The molecule has 2 rings (SSSR count). The third-order valence-corrected chi connectivity index (χ3v) is 3.99. The Hall–Kier alpha value is -0.940. The molecule has 0 aromatic carbocycles. The van der Waals surface area contributed by atoms with Gasteiger partial charge in [0.2, 0.25) is 0 Å². The molecule has 1 aliphatic rings. The van der Waals surface area contributed by atoms with Crippen LogP contribution in [0.5, 0.6) is 0 Å². The summed E-state index contributed by atoms with van der Waals surface area (Å²) in [5, 5.41) is 14.7. The van der Waals surface area contributed by atoms with Crippen molar-refractivity contribution < 1.29 is 4.74 Å². The molecule has 1 atom stereocenters. The van der Waals surface area contributed by atoms with Crippen LogP contribution in [0.3, 0.4) is 0 Å². The van der Waals surface area contributed by atoms with Crippen LogP contribution in [-0.4, -0.2) is 71.1 Å². The van der Waals surface area contributed by atoms with E-state index in [1.165, 1.54) is 0 Å². The van der Waals surface area contributed by atoms with Gasteiger partial charge in [0.1, 0.15) is 12.9 Å². The Bertz CT molecular complexity index is 488. The number of nitrogens with one attached hydrogen (secondary N) is 2. The number of ether oxygens (including phenoxy) is 1. The molecule has 8 nitrogen and oxygen atoms in total. The molecule has 9 heteroatoms. The first kappa shape index (κ1) is 21.1. The van der Waals surface area contributed by atoms with E-state index in [1.807, 2.05) is 4.57 Å². The molecule has 2 heterocycles. The van der Waals surface area contributed by atoms with Gasteiger partial charge < -0.3 is 19.9 Å². The predicted octanol–water partition coefficient (Wildman–Crippen LogP) is 0.692. The summed E-state index contributed by atoms with van der Waals surface area (Å²) in [6, 6.07) is 0.446. The third kappa shape index (κ3) is 6.52. The summed E-state index contributed by atoms with van der Waals surface area (Å²) in [6.45, 7) is 13.1. The van der Waals surface area contributed by atoms with Gasteiger partial charge in [-0.3, -0.25) is 4.90 Å². The van der Waals surface area contributed by atoms with Gasteiger partial charge in [-0.2, -0.15) is 0 Å². The van der Waals surface area contributed by atoms with Gasteiger partial charge in [-0.1, -0.05) is 0 Å². The van der Waals surface area contributed by atoms with Gasteiger partial charge in [0.05, 0.1) is 13.2 Å². The molecule has 1 aliphatic heterocycles. The van der Waals surface area contributed by atoms with Gasteiger partial charge in [-0.25, -0.2) is 4.99 Å². The number of rotatable bonds is 7. The van der Waals surface area contributed by atoms with Crippen LogP contribution in [0.1, 0.15) is 26.6 Å². The number of halogens is 1. The molecule has 0 spiro atoms. The number of aliphatic imine (C=N–C) groups is 1. The maximum Gasteiger partial charge on any atom is 0.191 e. The average Bonchev–Trinajstić information content (AvgIpc) is 3.05. The molecule has 138 valence electrons. The van der Waals surface area contributed by atoms with Crippen LogP contribution >= 0.6 is 24.0 Å². The lowest BCUT2D eigenvalue weighted by molar-refractivity contribution is 0.0211. The van der Waals surface area contributed by atoms with E-state index < -0.39 is 0 Å². The Morgan fingerprint density at radius 1 is 1.33 bits per heavy atom. The van der Waals surface area contributed by atoms with Crippen LogP contribution in [0.4, 0.5) is 0 Å². The monoisotopic (exact) mass is 451 g/mol. The minimum atomic E-state index is 0. The highest BCUT2D eigenvalue weighted by Crippen LogP contribution is 2.02. The van der Waals surface area contributed by atoms with Crippen molar-refractivity contribution in [1.29, 1.82) is 0 Å². The second-order valence-corrected chi connectivity index (χ2v) is 5.61. The fraction of sp³-hybridized carbons (Fsp3) is 0.800. The Balaban J connectivity index is 0.00000288. The fourth-order valence-corrected chi connectivity index (χ4v) is 2.55. The molecular formula is C15H30IN7O. The van der Waals surface area contributed by atoms with Gasteiger partial charge in [-0.15, -0.1) is 34.2 Å². The number of hydrogen-bond donors (Lipinski definition) is 2. The van der Waals surface area contributed by atoms with Crippen LogP contribution in [-0.2, 0) is 17.8 Å². The van der Waals surface area contributed by atoms with E-state index in [1.54, 1.807) is 6.33 Å². The summed E-state index contributed by atoms with van der Waals surface area (Å²) in [5.74, 6) is 1.70. The summed E-state index contributed by atoms with van der Waals surface area (Å²) >= 11 is 0. The Labute approximate surface area is 161 Å². The Morgan fingerprint density at radius 2 is 2.08 bits per heavy atom. The van der Waals surface area contributed by atoms with Crippen molar-refractivity contribution in [2.24, 2.45) is 4.99 Å². The summed E-state index contributed by atoms with van der Waals surface area (Å²) in [6.07, 6.45) is 1.74. The summed E-state index contributed by atoms with van der Waals surface area (Å²) in [7, 11) is 0. The van der Waals surface area contributed by atoms with Crippen LogP contribution in [0.25, 0.3) is 0 Å². The highest BCUT2D eigenvalue weighted by molar-refractivity contribution is 14.0. The number of guanidine groups is 1. The fourth-order valence-electron chi connectivity index (χ4n) is 2.55. The van der Waals surface area contributed by atoms with Crippen molar-refractivity contribution in [1.82, 2.24) is 30.3 Å². The lowest BCUT2D eigenvalue weighted by atomic mass is 10.2. The van der Waals surface area contributed by atoms with E-state index >= 15 is 0 Å². The SMILES string of the molecule is CCNC(=NCc1nncn1CC)NCC(C)N1CCOCC1.I. The number of aromatic nitrogens is 3. The number of hydrogen-bond acceptors (Lipinski definition) is 5. The zero-order valence-corrected chi connectivity index (χ0v) is 17.2. The molecule has 1 saturated heterocycles. The molecule has 0 aliphatic carbocycles. The van der Waals surface area contributed by atoms with Gasteiger partial charge >= 0.3 is 0 Å². The van der Waals surface area contributed by atoms with Crippen molar-refractivity contribution in [3.8, 4) is 0 Å². The molecule has 2 N–H and O–H groups in total. The third-order valence-electron chi connectivity index (χ3n) is 3.99. The molecule has 1 unspecified atom stereocenters. The van der Waals surface area contributed by atoms with Gasteiger partial charge in [0.25, 0.3) is 0 Å². The largest absolute Gasteiger partial charge is 0.379 e. The summed E-state index contributed by atoms with van der Waals surface area (Å²) in [5.41, 5.74) is 0. The number of morpholine rings is 1. The maximum absolute atomic E-state index is 5.40. The lowest BCUT2D eigenvalue weighted by Crippen LogP contribution is -2.49. The van der Waals surface area contributed by atoms with Gasteiger partial charge in [-0.05, 0) is 20.8 Å². The Kier molecular flexibility index (Phi) is 10.2. The van der Waals surface area contributed by atoms with E-state index in [-0.39, 0.29) is 24.0 Å². The van der Waals surface area contributed by atoms with Crippen molar-refractivity contribution in [2.45, 2.75) is 39.9 Å². The minimum Gasteiger partial charge on any atom is -0.379 e. The predicted molar refractivity (Wildman–Crippen MR) is 106 cm³/mol. The smallest absolute Gasteiger partial charge is 0.191 e. The van der Waals surface area contributed by atoms with Crippen molar-refractivity contribution >= 4 is 29.9 Å². The van der Waals surface area contributed by atoms with Crippen LogP contribution < -0.4 is 10.6 Å². The molecular weight excluding hydrogens is 421 g/mol. The zero-order valence-electron chi connectivity index (χ0n) is 14.9. The molecule has 24 heavy (non-hydrogen) atoms. The van der Waals surface area contributed by atoms with E-state index in [9.17, 15) is 0 Å². The first-order valence-corrected chi connectivity index (χ1v) is 8.45. The van der Waals surface area contributed by atoms with E-state index in [2.05, 4.69) is 51.5 Å². The molecule has 1 aromatic heterocycles. The maximum atomic E-state index is 5.40. The van der Waals surface area contributed by atoms with Crippen LogP contribution in [0.2, 0.25) is 0 Å². The molecule has 0 saturated carbocycles. The second-order valence-electron chi connectivity index (χ2n) is 5.61. The summed E-state index contributed by atoms with van der Waals surface area (Å²) in [4.78, 5) is 7.05. The normalized spacial score (nSPS) is 17.2. The zero-order chi connectivity index (χ0) is 16.5. The number of nitrogens with zero attached hydrogens (tertiary/aromatic N) is 5. The van der Waals surface area contributed by atoms with Gasteiger partial charge in [0, 0.05) is 38.8 Å². The van der Waals surface area contributed by atoms with Crippen LogP contribution in [0, 0.1) is 0 Å². The second kappa shape index (κ2) is 11.6. The molecule has 1 aromatic rings. The number of aryl methyl sites for hydroxylation is 1. The van der Waals surface area contributed by atoms with Crippen molar-refractivity contribution in [3.05, 3.63) is 12.2 Å². The van der Waals surface area contributed by atoms with Crippen molar-refractivity contribution in [3.63, 3.8) is 0 Å². The molecule has 1 fully saturated rings. The minimum absolute atomic E-state index is 0. The van der Waals surface area contributed by atoms with E-state index in [4.69, 9.17) is 4.74 Å². The van der Waals surface area contributed by atoms with E-state index in [0.717, 1.165) is 57.7 Å². The Morgan fingerprint density at radius 3 is 2.75 bits per heavy atom. The first-order valence-electron chi connectivity index (χ1n) is 8.45. The lowest BCUT2D eigenvalue weighted by Gasteiger charge is -2.32. The van der Waals surface area contributed by atoms with Crippen LogP contribution in [0.15, 0.2) is 11.3 Å². The summed E-state index contributed by atoms with van der Waals surface area (Å²) < 4.78 is 7.41. The van der Waals surface area contributed by atoms with Gasteiger partial charge in [0.15, 0.2) is 11.8 Å². The van der Waals surface area contributed by atoms with Crippen molar-refractivity contribution in [2.75, 3.05) is 39.4 Å². The first-order chi connectivity index (χ1) is 11.2. The quantitative estimate of drug-likeness (QED) is 0.361. The molecule has 0 amide bonds. The standard InChI is InChI=1S/C15H29N7O.HI/c1-4-16-15(18-11-14-20-19-12-21(14)5-2)17-10-13(3)22-6-8-23-9-7-22;/h12-13H,4-11H2,1-3H3,(H2,16,17,18);1H. The van der Waals surface area contributed by atoms with E-state index in [0.29, 0.717) is 12.6 Å². The molecule has 0 radical (unpaired) electrons. The highest BCUT2D eigenvalue weighted by Gasteiger charge is 2.17. The molecule has 0 bridgehead atoms. The highest BCUT2D eigenvalue weighted by atomic mass is 127.